The van der Waals surface area contributed by atoms with Gasteiger partial charge in [-0.1, -0.05) is 30.3 Å². The van der Waals surface area contributed by atoms with Gasteiger partial charge in [0.25, 0.3) is 0 Å². The third-order valence-electron chi connectivity index (χ3n) is 2.21. The molecule has 1 N–H and O–H groups in total. The number of nitrogens with one attached hydrogen (secondary N) is 1. The molecule has 2 rings (SSSR count). The van der Waals surface area contributed by atoms with Crippen LogP contribution in [0.4, 0.5) is 0 Å². The van der Waals surface area contributed by atoms with Crippen molar-refractivity contribution in [2.24, 2.45) is 12.1 Å². The number of hydrogen-bond donors (Lipinski definition) is 1. The number of rotatable bonds is 3. The zero-order valence-electron chi connectivity index (χ0n) is 8.75. The molecule has 0 spiro atoms. The summed E-state index contributed by atoms with van der Waals surface area (Å²) in [7, 11) is 1.92. The van der Waals surface area contributed by atoms with E-state index in [-0.39, 0.29) is 0 Å². The Morgan fingerprint density at radius 1 is 1.38 bits per heavy atom. The third-order valence-corrected chi connectivity index (χ3v) is 3.12. The molecule has 0 aliphatic rings. The van der Waals surface area contributed by atoms with Crippen molar-refractivity contribution in [1.29, 1.82) is 0 Å². The van der Waals surface area contributed by atoms with Crippen molar-refractivity contribution in [3.8, 4) is 11.3 Å². The smallest absolute Gasteiger partial charge is 0.227 e. The molecule has 0 radical (unpaired) electrons. The lowest BCUT2D eigenvalue weighted by atomic mass is 10.2. The van der Waals surface area contributed by atoms with E-state index in [1.807, 2.05) is 47.3 Å². The van der Waals surface area contributed by atoms with Gasteiger partial charge in [-0.25, -0.2) is 5.43 Å². The molecule has 0 aliphatic carbocycles. The minimum atomic E-state index is 0.557. The fraction of sp³-hybridized carbons (Fsp3) is 0.0909. The molecule has 0 unspecified atom stereocenters. The number of benzene rings is 1. The van der Waals surface area contributed by atoms with Crippen LogP contribution in [0, 0.1) is 0 Å². The molecule has 1 heterocycles. The molecule has 2 aromatic rings. The first kappa shape index (κ1) is 10.6. The number of carbonyl (C=O) groups excluding carboxylic acids is 1. The first-order valence-electron chi connectivity index (χ1n) is 4.76. The maximum absolute atomic E-state index is 10.2. The van der Waals surface area contributed by atoms with E-state index in [2.05, 4.69) is 10.5 Å². The van der Waals surface area contributed by atoms with Crippen molar-refractivity contribution in [1.82, 2.24) is 9.99 Å². The Kier molecular flexibility index (Phi) is 3.16. The molecule has 0 bridgehead atoms. The van der Waals surface area contributed by atoms with Crippen molar-refractivity contribution in [3.63, 3.8) is 0 Å². The predicted octanol–water partition coefficient (Wildman–Crippen LogP) is 1.32. The number of thiazole rings is 1. The van der Waals surface area contributed by atoms with Crippen LogP contribution in [0.25, 0.3) is 11.3 Å². The maximum atomic E-state index is 10.2. The zero-order chi connectivity index (χ0) is 11.4. The average molecular weight is 233 g/mol. The molecule has 1 aromatic heterocycles. The molecule has 0 aliphatic heterocycles. The zero-order valence-corrected chi connectivity index (χ0v) is 9.57. The van der Waals surface area contributed by atoms with Gasteiger partial charge in [0.15, 0.2) is 0 Å². The van der Waals surface area contributed by atoms with Gasteiger partial charge in [-0.15, -0.1) is 16.4 Å². The van der Waals surface area contributed by atoms with Gasteiger partial charge in [0, 0.05) is 12.4 Å². The largest absolute Gasteiger partial charge is 0.318 e. The lowest BCUT2D eigenvalue weighted by Crippen LogP contribution is -2.16. The van der Waals surface area contributed by atoms with Gasteiger partial charge in [0.05, 0.1) is 5.69 Å². The quantitative estimate of drug-likeness (QED) is 0.630. The van der Waals surface area contributed by atoms with E-state index in [4.69, 9.17) is 0 Å². The first-order chi connectivity index (χ1) is 7.83. The van der Waals surface area contributed by atoms with Crippen LogP contribution in [0.5, 0.6) is 0 Å². The van der Waals surface area contributed by atoms with Gasteiger partial charge in [0.2, 0.25) is 11.2 Å². The number of hydrogen-bond acceptors (Lipinski definition) is 3. The highest BCUT2D eigenvalue weighted by molar-refractivity contribution is 7.07. The maximum Gasteiger partial charge on any atom is 0.227 e. The van der Waals surface area contributed by atoms with E-state index in [0.29, 0.717) is 6.41 Å². The molecule has 0 atom stereocenters. The SMILES string of the molecule is Cn1c(-c2ccccc2)csc1=NNC=O. The van der Waals surface area contributed by atoms with Crippen LogP contribution in [0.3, 0.4) is 0 Å². The molecule has 4 nitrogen and oxygen atoms in total. The van der Waals surface area contributed by atoms with Crippen LogP contribution in [0.15, 0.2) is 40.8 Å². The van der Waals surface area contributed by atoms with Crippen LogP contribution in [0.2, 0.25) is 0 Å². The Labute approximate surface area is 96.9 Å². The third kappa shape index (κ3) is 2.04. The van der Waals surface area contributed by atoms with Crippen molar-refractivity contribution in [2.75, 3.05) is 0 Å². The first-order valence-corrected chi connectivity index (χ1v) is 5.63. The molecule has 0 saturated carbocycles. The second kappa shape index (κ2) is 4.76. The monoisotopic (exact) mass is 233 g/mol. The number of carbonyl (C=O) groups is 1. The Balaban J connectivity index is 2.45. The summed E-state index contributed by atoms with van der Waals surface area (Å²) in [6.45, 7) is 0. The van der Waals surface area contributed by atoms with Crippen LogP contribution >= 0.6 is 11.3 Å². The predicted molar refractivity (Wildman–Crippen MR) is 63.5 cm³/mol. The molecular weight excluding hydrogens is 222 g/mol. The lowest BCUT2D eigenvalue weighted by Gasteiger charge is -2.01. The molecule has 82 valence electrons. The van der Waals surface area contributed by atoms with E-state index in [1.54, 1.807) is 0 Å². The standard InChI is InChI=1S/C11H11N3OS/c1-14-10(9-5-3-2-4-6-9)7-16-11(14)13-12-8-15/h2-8H,1H3,(H,12,15). The topological polar surface area (TPSA) is 46.4 Å². The second-order valence-corrected chi connectivity index (χ2v) is 4.02. The Morgan fingerprint density at radius 2 is 2.12 bits per heavy atom. The summed E-state index contributed by atoms with van der Waals surface area (Å²) in [5.74, 6) is 0. The number of nitrogens with zero attached hydrogens (tertiary/aromatic N) is 2. The summed E-state index contributed by atoms with van der Waals surface area (Å²) >= 11 is 1.49. The molecule has 16 heavy (non-hydrogen) atoms. The van der Waals surface area contributed by atoms with Crippen LogP contribution < -0.4 is 10.2 Å². The molecular formula is C11H11N3OS. The summed E-state index contributed by atoms with van der Waals surface area (Å²) in [5, 5.41) is 5.95. The van der Waals surface area contributed by atoms with E-state index in [0.717, 1.165) is 16.1 Å². The van der Waals surface area contributed by atoms with E-state index < -0.39 is 0 Å². The van der Waals surface area contributed by atoms with Crippen LogP contribution in [-0.4, -0.2) is 11.0 Å². The summed E-state index contributed by atoms with van der Waals surface area (Å²) in [4.78, 5) is 10.9. The van der Waals surface area contributed by atoms with Gasteiger partial charge >= 0.3 is 0 Å². The summed E-state index contributed by atoms with van der Waals surface area (Å²) in [5.41, 5.74) is 4.52. The summed E-state index contributed by atoms with van der Waals surface area (Å²) in [6.07, 6.45) is 0.557. The van der Waals surface area contributed by atoms with Gasteiger partial charge in [-0.3, -0.25) is 4.79 Å². The van der Waals surface area contributed by atoms with E-state index >= 15 is 0 Å². The number of aromatic nitrogens is 1. The van der Waals surface area contributed by atoms with Crippen LogP contribution in [0.1, 0.15) is 0 Å². The minimum absolute atomic E-state index is 0.557. The Hall–Kier alpha value is -1.88. The summed E-state index contributed by atoms with van der Waals surface area (Å²) in [6, 6.07) is 10.0. The minimum Gasteiger partial charge on any atom is -0.318 e. The van der Waals surface area contributed by atoms with Gasteiger partial charge in [-0.05, 0) is 5.56 Å². The van der Waals surface area contributed by atoms with Crippen LogP contribution in [-0.2, 0) is 11.8 Å². The van der Waals surface area contributed by atoms with Crippen molar-refractivity contribution < 1.29 is 4.79 Å². The Bertz CT molecular complexity index is 542. The molecule has 5 heteroatoms. The Morgan fingerprint density at radius 3 is 2.81 bits per heavy atom. The second-order valence-electron chi connectivity index (χ2n) is 3.19. The molecule has 0 fully saturated rings. The van der Waals surface area contributed by atoms with Gasteiger partial charge < -0.3 is 4.57 Å². The lowest BCUT2D eigenvalue weighted by molar-refractivity contribution is -0.109. The van der Waals surface area contributed by atoms with Gasteiger partial charge in [-0.2, -0.15) is 0 Å². The highest BCUT2D eigenvalue weighted by atomic mass is 32.1. The molecule has 1 amide bonds. The normalized spacial score (nSPS) is 11.4. The highest BCUT2D eigenvalue weighted by Crippen LogP contribution is 2.18. The van der Waals surface area contributed by atoms with Gasteiger partial charge in [0.1, 0.15) is 0 Å². The fourth-order valence-electron chi connectivity index (χ4n) is 1.42. The van der Waals surface area contributed by atoms with Crippen molar-refractivity contribution in [3.05, 3.63) is 40.5 Å². The summed E-state index contributed by atoms with van der Waals surface area (Å²) < 4.78 is 1.94. The van der Waals surface area contributed by atoms with Crippen molar-refractivity contribution in [2.45, 2.75) is 0 Å². The fourth-order valence-corrected chi connectivity index (χ4v) is 2.30. The average Bonchev–Trinajstić information content (AvgIpc) is 2.69. The van der Waals surface area contributed by atoms with E-state index in [1.165, 1.54) is 11.3 Å². The highest BCUT2D eigenvalue weighted by Gasteiger charge is 2.03. The molecule has 1 aromatic carbocycles. The number of amides is 1. The van der Waals surface area contributed by atoms with Crippen molar-refractivity contribution >= 4 is 17.7 Å². The van der Waals surface area contributed by atoms with E-state index in [9.17, 15) is 4.79 Å². The molecule has 0 saturated heterocycles.